The predicted octanol–water partition coefficient (Wildman–Crippen LogP) is 3.31. The molecular weight excluding hydrogens is 191 g/mol. The zero-order valence-electron chi connectivity index (χ0n) is 8.29. The predicted molar refractivity (Wildman–Crippen MR) is 49.7 cm³/mol. The quantitative estimate of drug-likeness (QED) is 0.690. The van der Waals surface area contributed by atoms with Crippen LogP contribution in [0.25, 0.3) is 0 Å². The molecule has 0 aliphatic carbocycles. The summed E-state index contributed by atoms with van der Waals surface area (Å²) in [5, 5.41) is 2.74. The van der Waals surface area contributed by atoms with Crippen molar-refractivity contribution in [2.24, 2.45) is 0 Å². The second-order valence-corrected chi connectivity index (χ2v) is 4.12. The van der Waals surface area contributed by atoms with Crippen LogP contribution >= 0.6 is 0 Å². The van der Waals surface area contributed by atoms with Gasteiger partial charge in [0.15, 0.2) is 11.6 Å². The molecular formula is C10H12F3N. The van der Waals surface area contributed by atoms with Crippen LogP contribution in [0.5, 0.6) is 0 Å². The molecule has 0 aliphatic heterocycles. The summed E-state index contributed by atoms with van der Waals surface area (Å²) >= 11 is 0. The smallest absolute Gasteiger partial charge is 0.161 e. The van der Waals surface area contributed by atoms with Crippen molar-refractivity contribution in [2.75, 3.05) is 5.32 Å². The van der Waals surface area contributed by atoms with E-state index in [9.17, 15) is 13.2 Å². The third kappa shape index (κ3) is 2.65. The van der Waals surface area contributed by atoms with Crippen LogP contribution in [0, 0.1) is 17.5 Å². The maximum Gasteiger partial charge on any atom is 0.161 e. The Morgan fingerprint density at radius 3 is 1.93 bits per heavy atom. The molecule has 4 heteroatoms. The lowest BCUT2D eigenvalue weighted by atomic mass is 10.1. The third-order valence-electron chi connectivity index (χ3n) is 1.52. The van der Waals surface area contributed by atoms with E-state index in [1.165, 1.54) is 0 Å². The van der Waals surface area contributed by atoms with Gasteiger partial charge in [-0.3, -0.25) is 0 Å². The fourth-order valence-electron chi connectivity index (χ4n) is 1.02. The maximum absolute atomic E-state index is 13.1. The Balaban J connectivity index is 3.04. The highest BCUT2D eigenvalue weighted by Crippen LogP contribution is 2.21. The van der Waals surface area contributed by atoms with Gasteiger partial charge in [0.2, 0.25) is 0 Å². The van der Waals surface area contributed by atoms with Crippen LogP contribution in [0.4, 0.5) is 18.9 Å². The van der Waals surface area contributed by atoms with Crippen molar-refractivity contribution >= 4 is 5.69 Å². The average Bonchev–Trinajstić information content (AvgIpc) is 1.97. The van der Waals surface area contributed by atoms with Crippen molar-refractivity contribution in [3.8, 4) is 0 Å². The van der Waals surface area contributed by atoms with Crippen LogP contribution in [-0.4, -0.2) is 5.54 Å². The topological polar surface area (TPSA) is 12.0 Å². The first-order valence-corrected chi connectivity index (χ1v) is 4.22. The lowest BCUT2D eigenvalue weighted by molar-refractivity contribution is 0.494. The Morgan fingerprint density at radius 1 is 0.929 bits per heavy atom. The Bertz CT molecular complexity index is 342. The minimum atomic E-state index is -1.18. The number of anilines is 1. The molecule has 1 aromatic rings. The van der Waals surface area contributed by atoms with Crippen molar-refractivity contribution in [3.05, 3.63) is 29.6 Å². The molecule has 0 atom stereocenters. The first-order valence-electron chi connectivity index (χ1n) is 4.22. The Kier molecular flexibility index (Phi) is 2.73. The molecule has 0 fully saturated rings. The molecule has 0 heterocycles. The Labute approximate surface area is 80.9 Å². The monoisotopic (exact) mass is 203 g/mol. The van der Waals surface area contributed by atoms with E-state index in [0.717, 1.165) is 6.07 Å². The first-order chi connectivity index (χ1) is 6.29. The number of hydrogen-bond acceptors (Lipinski definition) is 1. The van der Waals surface area contributed by atoms with E-state index in [1.54, 1.807) is 20.8 Å². The molecule has 0 spiro atoms. The van der Waals surface area contributed by atoms with Gasteiger partial charge in [-0.05, 0) is 20.8 Å². The fraction of sp³-hybridized carbons (Fsp3) is 0.400. The summed E-state index contributed by atoms with van der Waals surface area (Å²) in [5.41, 5.74) is -0.429. The van der Waals surface area contributed by atoms with Crippen LogP contribution < -0.4 is 5.32 Å². The van der Waals surface area contributed by atoms with E-state index in [-0.39, 0.29) is 5.69 Å². The lowest BCUT2D eigenvalue weighted by Gasteiger charge is -2.22. The summed E-state index contributed by atoms with van der Waals surface area (Å²) in [7, 11) is 0. The van der Waals surface area contributed by atoms with Gasteiger partial charge in [-0.1, -0.05) is 0 Å². The fourth-order valence-corrected chi connectivity index (χ4v) is 1.02. The molecule has 78 valence electrons. The van der Waals surface area contributed by atoms with Crippen molar-refractivity contribution in [2.45, 2.75) is 26.3 Å². The molecule has 0 unspecified atom stereocenters. The molecule has 1 nitrogen and oxygen atoms in total. The van der Waals surface area contributed by atoms with Crippen LogP contribution in [0.2, 0.25) is 0 Å². The van der Waals surface area contributed by atoms with Crippen LogP contribution in [0.1, 0.15) is 20.8 Å². The van der Waals surface area contributed by atoms with Gasteiger partial charge in [-0.15, -0.1) is 0 Å². The lowest BCUT2D eigenvalue weighted by Crippen LogP contribution is -2.26. The number of hydrogen-bond donors (Lipinski definition) is 1. The molecule has 0 radical (unpaired) electrons. The summed E-state index contributed by atoms with van der Waals surface area (Å²) in [4.78, 5) is 0. The van der Waals surface area contributed by atoms with Gasteiger partial charge >= 0.3 is 0 Å². The van der Waals surface area contributed by atoms with Crippen LogP contribution in [0.15, 0.2) is 12.1 Å². The van der Waals surface area contributed by atoms with Crippen LogP contribution in [-0.2, 0) is 0 Å². The maximum atomic E-state index is 13.1. The van der Waals surface area contributed by atoms with E-state index in [0.29, 0.717) is 6.07 Å². The minimum Gasteiger partial charge on any atom is -0.378 e. The summed E-state index contributed by atoms with van der Waals surface area (Å²) in [6.45, 7) is 5.40. The second-order valence-electron chi connectivity index (χ2n) is 4.12. The summed E-state index contributed by atoms with van der Waals surface area (Å²) in [5.74, 6) is -3.03. The molecule has 0 saturated carbocycles. The highest BCUT2D eigenvalue weighted by Gasteiger charge is 2.15. The van der Waals surface area contributed by atoms with Gasteiger partial charge in [-0.2, -0.15) is 0 Å². The van der Waals surface area contributed by atoms with Crippen molar-refractivity contribution in [1.82, 2.24) is 0 Å². The number of rotatable bonds is 1. The Morgan fingerprint density at radius 2 is 1.43 bits per heavy atom. The highest BCUT2D eigenvalue weighted by atomic mass is 19.2. The normalized spacial score (nSPS) is 11.6. The van der Waals surface area contributed by atoms with Gasteiger partial charge in [0, 0.05) is 17.7 Å². The minimum absolute atomic E-state index is 0.0311. The molecule has 0 amide bonds. The SMILES string of the molecule is CC(C)(C)Nc1cc(F)c(F)cc1F. The third-order valence-corrected chi connectivity index (χ3v) is 1.52. The zero-order chi connectivity index (χ0) is 10.9. The molecule has 1 rings (SSSR count). The van der Waals surface area contributed by atoms with Crippen molar-refractivity contribution in [3.63, 3.8) is 0 Å². The summed E-state index contributed by atoms with van der Waals surface area (Å²) in [6.07, 6.45) is 0. The van der Waals surface area contributed by atoms with Gasteiger partial charge in [0.05, 0.1) is 5.69 Å². The zero-order valence-corrected chi connectivity index (χ0v) is 8.29. The molecule has 0 aliphatic rings. The first kappa shape index (κ1) is 10.9. The van der Waals surface area contributed by atoms with Gasteiger partial charge < -0.3 is 5.32 Å². The van der Waals surface area contributed by atoms with Crippen LogP contribution in [0.3, 0.4) is 0 Å². The van der Waals surface area contributed by atoms with Gasteiger partial charge in [-0.25, -0.2) is 13.2 Å². The average molecular weight is 203 g/mol. The second kappa shape index (κ2) is 3.52. The summed E-state index contributed by atoms with van der Waals surface area (Å²) < 4.78 is 38.4. The summed E-state index contributed by atoms with van der Waals surface area (Å²) in [6, 6.07) is 1.35. The standard InChI is InChI=1S/C10H12F3N/c1-10(2,3)14-9-5-7(12)6(11)4-8(9)13/h4-5,14H,1-3H3. The van der Waals surface area contributed by atoms with E-state index in [4.69, 9.17) is 0 Å². The van der Waals surface area contributed by atoms with E-state index < -0.39 is 23.0 Å². The molecule has 1 aromatic carbocycles. The van der Waals surface area contributed by atoms with Crippen molar-refractivity contribution in [1.29, 1.82) is 0 Å². The van der Waals surface area contributed by atoms with Gasteiger partial charge in [0.25, 0.3) is 0 Å². The molecule has 14 heavy (non-hydrogen) atoms. The van der Waals surface area contributed by atoms with E-state index >= 15 is 0 Å². The molecule has 0 aromatic heterocycles. The number of nitrogens with one attached hydrogen (secondary N) is 1. The van der Waals surface area contributed by atoms with Crippen molar-refractivity contribution < 1.29 is 13.2 Å². The van der Waals surface area contributed by atoms with Gasteiger partial charge in [0.1, 0.15) is 5.82 Å². The van der Waals surface area contributed by atoms with E-state index in [2.05, 4.69) is 5.32 Å². The van der Waals surface area contributed by atoms with E-state index in [1.807, 2.05) is 0 Å². The molecule has 0 bridgehead atoms. The highest BCUT2D eigenvalue weighted by molar-refractivity contribution is 5.47. The molecule has 0 saturated heterocycles. The number of benzene rings is 1. The Hall–Kier alpha value is -1.19. The number of halogens is 3. The largest absolute Gasteiger partial charge is 0.378 e. The molecule has 1 N–H and O–H groups in total.